The summed E-state index contributed by atoms with van der Waals surface area (Å²) in [6.07, 6.45) is 5.41. The molecule has 0 atom stereocenters. The van der Waals surface area contributed by atoms with Gasteiger partial charge in [0.2, 0.25) is 0 Å². The summed E-state index contributed by atoms with van der Waals surface area (Å²) < 4.78 is 11.6. The van der Waals surface area contributed by atoms with E-state index in [1.807, 2.05) is 6.92 Å². The lowest BCUT2D eigenvalue weighted by Gasteiger charge is -2.01. The molecule has 0 aromatic rings. The first-order valence-electron chi connectivity index (χ1n) is 4.00. The van der Waals surface area contributed by atoms with E-state index in [1.165, 1.54) is 6.08 Å². The van der Waals surface area contributed by atoms with Gasteiger partial charge in [0.1, 0.15) is 0 Å². The molecule has 0 N–H and O–H groups in total. The molecule has 0 aromatic carbocycles. The smallest absolute Gasteiger partial charge is 0.249 e. The Bertz CT molecular complexity index is 252. The maximum atomic E-state index is 11.6. The van der Waals surface area contributed by atoms with Crippen molar-refractivity contribution in [1.82, 2.24) is 0 Å². The zero-order chi connectivity index (χ0) is 10.3. The summed E-state index contributed by atoms with van der Waals surface area (Å²) in [5.74, 6) is -0.961. The molecule has 0 radical (unpaired) electrons. The van der Waals surface area contributed by atoms with Gasteiger partial charge >= 0.3 is 5.97 Å². The van der Waals surface area contributed by atoms with Crippen molar-refractivity contribution in [2.75, 3.05) is 0 Å². The van der Waals surface area contributed by atoms with Gasteiger partial charge in [0.25, 0.3) is 0 Å². The van der Waals surface area contributed by atoms with Gasteiger partial charge in [-0.1, -0.05) is 31.7 Å². The molecule has 2 nitrogen and oxygen atoms in total. The second kappa shape index (κ2) is 6.17. The summed E-state index contributed by atoms with van der Waals surface area (Å²) in [7, 11) is 0. The van der Waals surface area contributed by atoms with E-state index in [-0.39, 0.29) is 5.57 Å². The van der Waals surface area contributed by atoms with Crippen molar-refractivity contribution in [3.63, 3.8) is 0 Å². The standard InChI is InChI=1S/C10H13FO2/c1-4-6-8(3)9(7-5-2)10(12)13-11/h4,6-7H,1,5H2,2-3H3/b8-6-,9-7+. The third-order valence-corrected chi connectivity index (χ3v) is 1.49. The molecule has 0 heterocycles. The molecule has 0 unspecified atom stereocenters. The van der Waals surface area contributed by atoms with Crippen molar-refractivity contribution in [1.29, 1.82) is 0 Å². The summed E-state index contributed by atoms with van der Waals surface area (Å²) in [4.78, 5) is 14.0. The Labute approximate surface area is 77.3 Å². The van der Waals surface area contributed by atoms with Crippen molar-refractivity contribution >= 4 is 5.97 Å². The molecule has 0 bridgehead atoms. The van der Waals surface area contributed by atoms with Crippen LogP contribution in [0.25, 0.3) is 0 Å². The highest BCUT2D eigenvalue weighted by molar-refractivity contribution is 5.92. The minimum atomic E-state index is -0.961. The van der Waals surface area contributed by atoms with Gasteiger partial charge in [-0.2, -0.15) is 0 Å². The molecule has 0 aromatic heterocycles. The van der Waals surface area contributed by atoms with Crippen molar-refractivity contribution in [2.24, 2.45) is 0 Å². The zero-order valence-electron chi connectivity index (χ0n) is 7.84. The Morgan fingerprint density at radius 1 is 1.62 bits per heavy atom. The Kier molecular flexibility index (Phi) is 5.52. The quantitative estimate of drug-likeness (QED) is 0.496. The van der Waals surface area contributed by atoms with Gasteiger partial charge in [-0.25, -0.2) is 9.74 Å². The highest BCUT2D eigenvalue weighted by Crippen LogP contribution is 2.12. The van der Waals surface area contributed by atoms with E-state index in [0.717, 1.165) is 0 Å². The molecule has 0 fully saturated rings. The molecular weight excluding hydrogens is 171 g/mol. The summed E-state index contributed by atoms with van der Waals surface area (Å²) in [5.41, 5.74) is 0.879. The van der Waals surface area contributed by atoms with Crippen LogP contribution in [0.1, 0.15) is 20.3 Å². The average Bonchev–Trinajstić information content (AvgIpc) is 2.13. The Hall–Kier alpha value is -1.38. The molecule has 0 aliphatic carbocycles. The molecule has 0 saturated carbocycles. The lowest BCUT2D eigenvalue weighted by molar-refractivity contribution is -0.177. The van der Waals surface area contributed by atoms with Crippen LogP contribution in [0.2, 0.25) is 0 Å². The predicted molar refractivity (Wildman–Crippen MR) is 49.5 cm³/mol. The number of allylic oxidation sites excluding steroid dienone is 3. The van der Waals surface area contributed by atoms with E-state index in [4.69, 9.17) is 0 Å². The van der Waals surface area contributed by atoms with Gasteiger partial charge in [-0.15, -0.1) is 0 Å². The predicted octanol–water partition coefficient (Wildman–Crippen LogP) is 2.88. The molecule has 0 aliphatic heterocycles. The second-order valence-electron chi connectivity index (χ2n) is 2.48. The largest absolute Gasteiger partial charge is 0.379 e. The first-order chi connectivity index (χ1) is 6.17. The number of rotatable bonds is 4. The fraction of sp³-hybridized carbons (Fsp3) is 0.300. The third kappa shape index (κ3) is 3.69. The molecule has 0 aliphatic rings. The molecule has 72 valence electrons. The number of carbonyl (C=O) groups is 1. The van der Waals surface area contributed by atoms with Gasteiger partial charge in [-0.3, -0.25) is 0 Å². The minimum absolute atomic E-state index is 0.241. The summed E-state index contributed by atoms with van der Waals surface area (Å²) in [6.45, 7) is 7.03. The normalized spacial score (nSPS) is 12.5. The maximum absolute atomic E-state index is 11.6. The first kappa shape index (κ1) is 11.6. The van der Waals surface area contributed by atoms with Crippen LogP contribution in [0.4, 0.5) is 4.53 Å². The van der Waals surface area contributed by atoms with E-state index in [0.29, 0.717) is 12.0 Å². The van der Waals surface area contributed by atoms with Crippen LogP contribution in [0.3, 0.4) is 0 Å². The van der Waals surface area contributed by atoms with Crippen molar-refractivity contribution in [3.05, 3.63) is 36.0 Å². The fourth-order valence-corrected chi connectivity index (χ4v) is 0.918. The molecule has 13 heavy (non-hydrogen) atoms. The number of hydrogen-bond donors (Lipinski definition) is 0. The average molecular weight is 184 g/mol. The van der Waals surface area contributed by atoms with Gasteiger partial charge in [-0.05, 0) is 18.9 Å². The minimum Gasteiger partial charge on any atom is -0.249 e. The van der Waals surface area contributed by atoms with Crippen molar-refractivity contribution in [2.45, 2.75) is 20.3 Å². The Morgan fingerprint density at radius 2 is 2.23 bits per heavy atom. The van der Waals surface area contributed by atoms with Crippen LogP contribution in [0, 0.1) is 0 Å². The zero-order valence-corrected chi connectivity index (χ0v) is 7.84. The van der Waals surface area contributed by atoms with Crippen LogP contribution < -0.4 is 0 Å². The number of carbonyl (C=O) groups excluding carboxylic acids is 1. The van der Waals surface area contributed by atoms with Gasteiger partial charge in [0.15, 0.2) is 0 Å². The van der Waals surface area contributed by atoms with E-state index < -0.39 is 5.97 Å². The molecule has 3 heteroatoms. The van der Waals surface area contributed by atoms with E-state index in [1.54, 1.807) is 19.1 Å². The van der Waals surface area contributed by atoms with E-state index >= 15 is 0 Å². The topological polar surface area (TPSA) is 26.3 Å². The van der Waals surface area contributed by atoms with Crippen molar-refractivity contribution < 1.29 is 14.3 Å². The lowest BCUT2D eigenvalue weighted by Crippen LogP contribution is -2.03. The summed E-state index contributed by atoms with van der Waals surface area (Å²) in [6, 6.07) is 0. The highest BCUT2D eigenvalue weighted by atomic mass is 19.3. The third-order valence-electron chi connectivity index (χ3n) is 1.49. The second-order valence-corrected chi connectivity index (χ2v) is 2.48. The highest BCUT2D eigenvalue weighted by Gasteiger charge is 2.12. The Balaban J connectivity index is 4.82. The number of halogens is 1. The summed E-state index contributed by atoms with van der Waals surface area (Å²) in [5, 5.41) is 0. The van der Waals surface area contributed by atoms with Crippen LogP contribution in [-0.4, -0.2) is 5.97 Å². The number of hydrogen-bond acceptors (Lipinski definition) is 2. The lowest BCUT2D eigenvalue weighted by atomic mass is 10.1. The molecular formula is C10H13FO2. The fourth-order valence-electron chi connectivity index (χ4n) is 0.918. The SMILES string of the molecule is C=C/C=C(C)\C(=C/CC)C(=O)OF. The Morgan fingerprint density at radius 3 is 2.62 bits per heavy atom. The molecule has 0 rings (SSSR count). The van der Waals surface area contributed by atoms with Crippen LogP contribution in [0.5, 0.6) is 0 Å². The van der Waals surface area contributed by atoms with Gasteiger partial charge < -0.3 is 0 Å². The van der Waals surface area contributed by atoms with E-state index in [2.05, 4.69) is 11.5 Å². The van der Waals surface area contributed by atoms with E-state index in [9.17, 15) is 9.32 Å². The van der Waals surface area contributed by atoms with Gasteiger partial charge in [0, 0.05) is 4.53 Å². The van der Waals surface area contributed by atoms with Crippen LogP contribution in [0.15, 0.2) is 36.0 Å². The molecule has 0 spiro atoms. The maximum Gasteiger partial charge on any atom is 0.379 e. The van der Waals surface area contributed by atoms with Crippen LogP contribution >= 0.6 is 0 Å². The van der Waals surface area contributed by atoms with Gasteiger partial charge in [0.05, 0.1) is 5.57 Å². The summed E-state index contributed by atoms with van der Waals surface area (Å²) >= 11 is 0. The first-order valence-corrected chi connectivity index (χ1v) is 4.00. The monoisotopic (exact) mass is 184 g/mol. The molecule has 0 amide bonds. The van der Waals surface area contributed by atoms with Crippen molar-refractivity contribution in [3.8, 4) is 0 Å². The van der Waals surface area contributed by atoms with Crippen LogP contribution in [-0.2, 0) is 9.74 Å². The molecule has 0 saturated heterocycles.